The summed E-state index contributed by atoms with van der Waals surface area (Å²) in [6.45, 7) is 1.20. The van der Waals surface area contributed by atoms with Crippen molar-refractivity contribution in [2.45, 2.75) is 25.9 Å². The molecular weight excluding hydrogens is 350 g/mol. The maximum atomic E-state index is 12.5. The molecule has 138 valence electrons. The number of nitrogens with one attached hydrogen (secondary N) is 1. The van der Waals surface area contributed by atoms with Gasteiger partial charge in [-0.3, -0.25) is 9.48 Å². The van der Waals surface area contributed by atoms with Crippen LogP contribution in [0.5, 0.6) is 11.5 Å². The highest BCUT2D eigenvalue weighted by atomic mass is 16.7. The Morgan fingerprint density at radius 1 is 1.26 bits per heavy atom. The van der Waals surface area contributed by atoms with E-state index in [2.05, 4.69) is 20.6 Å². The van der Waals surface area contributed by atoms with E-state index in [1.807, 2.05) is 16.8 Å². The summed E-state index contributed by atoms with van der Waals surface area (Å²) in [5.41, 5.74) is 1.83. The highest BCUT2D eigenvalue weighted by Crippen LogP contribution is 2.35. The van der Waals surface area contributed by atoms with Gasteiger partial charge in [0.25, 0.3) is 5.89 Å². The van der Waals surface area contributed by atoms with Crippen LogP contribution >= 0.6 is 0 Å². The van der Waals surface area contributed by atoms with Crippen molar-refractivity contribution in [1.82, 2.24) is 25.2 Å². The molecule has 9 nitrogen and oxygen atoms in total. The van der Waals surface area contributed by atoms with E-state index in [9.17, 15) is 4.79 Å². The van der Waals surface area contributed by atoms with Gasteiger partial charge < -0.3 is 19.3 Å². The molecule has 2 aliphatic heterocycles. The average molecular weight is 367 g/mol. The van der Waals surface area contributed by atoms with E-state index in [1.165, 1.54) is 0 Å². The largest absolute Gasteiger partial charge is 0.454 e. The van der Waals surface area contributed by atoms with Crippen molar-refractivity contribution < 1.29 is 18.8 Å². The van der Waals surface area contributed by atoms with Crippen LogP contribution in [0.1, 0.15) is 17.9 Å². The first kappa shape index (κ1) is 15.9. The molecule has 1 aromatic carbocycles. The zero-order valence-electron chi connectivity index (χ0n) is 14.4. The first-order valence-corrected chi connectivity index (χ1v) is 8.77. The van der Waals surface area contributed by atoms with Gasteiger partial charge in [0.1, 0.15) is 0 Å². The Labute approximate surface area is 154 Å². The van der Waals surface area contributed by atoms with E-state index in [0.29, 0.717) is 29.6 Å². The lowest BCUT2D eigenvalue weighted by Gasteiger charge is -2.22. The van der Waals surface area contributed by atoms with E-state index < -0.39 is 0 Å². The highest BCUT2D eigenvalue weighted by molar-refractivity contribution is 5.79. The standard InChI is InChI=1S/C18H17N5O4/c24-17(11-4-6-23-13(7-11)3-5-20-23)19-9-16-21-18(27-22-16)12-1-2-14-15(8-12)26-10-25-14/h1-3,5,8,11H,4,6-7,9-10H2,(H,19,24). The van der Waals surface area contributed by atoms with Crippen molar-refractivity contribution in [3.8, 4) is 23.0 Å². The molecule has 27 heavy (non-hydrogen) atoms. The molecule has 0 fully saturated rings. The number of benzene rings is 1. The molecule has 0 bridgehead atoms. The van der Waals surface area contributed by atoms with E-state index in [4.69, 9.17) is 14.0 Å². The molecule has 0 saturated carbocycles. The summed E-state index contributed by atoms with van der Waals surface area (Å²) in [6.07, 6.45) is 3.24. The fourth-order valence-electron chi connectivity index (χ4n) is 3.37. The number of nitrogens with zero attached hydrogens (tertiary/aromatic N) is 4. The molecule has 2 aliphatic rings. The molecule has 0 radical (unpaired) electrons. The van der Waals surface area contributed by atoms with Gasteiger partial charge in [0, 0.05) is 36.3 Å². The molecule has 0 saturated heterocycles. The first-order valence-electron chi connectivity index (χ1n) is 8.77. The van der Waals surface area contributed by atoms with E-state index in [-0.39, 0.29) is 25.2 Å². The van der Waals surface area contributed by atoms with Crippen molar-refractivity contribution >= 4 is 5.91 Å². The normalized spacial score (nSPS) is 17.6. The van der Waals surface area contributed by atoms with Crippen LogP contribution < -0.4 is 14.8 Å². The van der Waals surface area contributed by atoms with E-state index >= 15 is 0 Å². The summed E-state index contributed by atoms with van der Waals surface area (Å²) < 4.78 is 17.9. The molecule has 1 unspecified atom stereocenters. The number of carbonyl (C=O) groups is 1. The van der Waals surface area contributed by atoms with Gasteiger partial charge in [-0.25, -0.2) is 0 Å². The minimum absolute atomic E-state index is 0.00289. The molecule has 4 heterocycles. The predicted octanol–water partition coefficient (Wildman–Crippen LogP) is 1.54. The Hall–Kier alpha value is -3.36. The van der Waals surface area contributed by atoms with Crippen LogP contribution in [-0.2, 0) is 24.3 Å². The van der Waals surface area contributed by atoms with Gasteiger partial charge in [0.15, 0.2) is 17.3 Å². The van der Waals surface area contributed by atoms with Gasteiger partial charge in [-0.05, 0) is 30.7 Å². The Morgan fingerprint density at radius 3 is 3.15 bits per heavy atom. The first-order chi connectivity index (χ1) is 13.3. The molecule has 5 rings (SSSR count). The highest BCUT2D eigenvalue weighted by Gasteiger charge is 2.25. The maximum Gasteiger partial charge on any atom is 0.258 e. The number of ether oxygens (including phenoxy) is 2. The summed E-state index contributed by atoms with van der Waals surface area (Å²) >= 11 is 0. The molecule has 9 heteroatoms. The molecule has 1 atom stereocenters. The second-order valence-corrected chi connectivity index (χ2v) is 6.54. The summed E-state index contributed by atoms with van der Waals surface area (Å²) in [6, 6.07) is 7.38. The van der Waals surface area contributed by atoms with Gasteiger partial charge in [-0.15, -0.1) is 0 Å². The molecule has 1 N–H and O–H groups in total. The monoisotopic (exact) mass is 367 g/mol. The summed E-state index contributed by atoms with van der Waals surface area (Å²) in [5.74, 6) is 2.08. The fourth-order valence-corrected chi connectivity index (χ4v) is 3.37. The summed E-state index contributed by atoms with van der Waals surface area (Å²) in [5, 5.41) is 11.1. The van der Waals surface area contributed by atoms with Gasteiger partial charge in [-0.2, -0.15) is 10.1 Å². The number of carbonyl (C=O) groups excluding carboxylic acids is 1. The summed E-state index contributed by atoms with van der Waals surface area (Å²) in [4.78, 5) is 16.8. The van der Waals surface area contributed by atoms with Crippen LogP contribution in [0.15, 0.2) is 35.0 Å². The Balaban J connectivity index is 1.22. The number of amides is 1. The smallest absolute Gasteiger partial charge is 0.258 e. The van der Waals surface area contributed by atoms with Crippen LogP contribution in [0, 0.1) is 5.92 Å². The number of fused-ring (bicyclic) bond motifs is 2. The van der Waals surface area contributed by atoms with E-state index in [0.717, 1.165) is 24.2 Å². The van der Waals surface area contributed by atoms with Crippen LogP contribution in [0.4, 0.5) is 0 Å². The third-order valence-electron chi connectivity index (χ3n) is 4.83. The minimum atomic E-state index is -0.0607. The molecule has 0 spiro atoms. The van der Waals surface area contributed by atoms with Crippen LogP contribution in [0.2, 0.25) is 0 Å². The van der Waals surface area contributed by atoms with Gasteiger partial charge in [0.05, 0.1) is 6.54 Å². The number of hydrogen-bond acceptors (Lipinski definition) is 7. The predicted molar refractivity (Wildman–Crippen MR) is 91.7 cm³/mol. The summed E-state index contributed by atoms with van der Waals surface area (Å²) in [7, 11) is 0. The molecule has 3 aromatic rings. The van der Waals surface area contributed by atoms with Gasteiger partial charge in [-0.1, -0.05) is 5.16 Å². The number of hydrogen-bond donors (Lipinski definition) is 1. The number of aryl methyl sites for hydroxylation is 1. The Morgan fingerprint density at radius 2 is 2.19 bits per heavy atom. The zero-order valence-corrected chi connectivity index (χ0v) is 14.4. The van der Waals surface area contributed by atoms with Crippen LogP contribution in [0.25, 0.3) is 11.5 Å². The van der Waals surface area contributed by atoms with Crippen molar-refractivity contribution in [1.29, 1.82) is 0 Å². The molecule has 2 aromatic heterocycles. The third kappa shape index (κ3) is 3.01. The van der Waals surface area contributed by atoms with E-state index in [1.54, 1.807) is 18.3 Å². The number of rotatable bonds is 4. The quantitative estimate of drug-likeness (QED) is 0.746. The lowest BCUT2D eigenvalue weighted by molar-refractivity contribution is -0.125. The van der Waals surface area contributed by atoms with Gasteiger partial charge in [0.2, 0.25) is 12.7 Å². The van der Waals surface area contributed by atoms with Crippen molar-refractivity contribution in [2.24, 2.45) is 5.92 Å². The van der Waals surface area contributed by atoms with Crippen molar-refractivity contribution in [2.75, 3.05) is 6.79 Å². The SMILES string of the molecule is O=C(NCc1noc(-c2ccc3c(c2)OCO3)n1)C1CCn2nccc2C1. The van der Waals surface area contributed by atoms with Crippen LogP contribution in [-0.4, -0.2) is 32.6 Å². The Bertz CT molecular complexity index is 995. The minimum Gasteiger partial charge on any atom is -0.454 e. The number of aromatic nitrogens is 4. The molecular formula is C18H17N5O4. The fraction of sp³-hybridized carbons (Fsp3) is 0.333. The maximum absolute atomic E-state index is 12.5. The molecule has 1 amide bonds. The average Bonchev–Trinajstić information content (AvgIpc) is 3.44. The lowest BCUT2D eigenvalue weighted by Crippen LogP contribution is -2.35. The van der Waals surface area contributed by atoms with Crippen molar-refractivity contribution in [3.05, 3.63) is 42.0 Å². The second kappa shape index (κ2) is 6.42. The topological polar surface area (TPSA) is 104 Å². The van der Waals surface area contributed by atoms with Crippen LogP contribution in [0.3, 0.4) is 0 Å². The Kier molecular flexibility index (Phi) is 3.77. The third-order valence-corrected chi connectivity index (χ3v) is 4.83. The van der Waals surface area contributed by atoms with Crippen molar-refractivity contribution in [3.63, 3.8) is 0 Å². The lowest BCUT2D eigenvalue weighted by atomic mass is 9.95. The molecule has 0 aliphatic carbocycles. The second-order valence-electron chi connectivity index (χ2n) is 6.54. The van der Waals surface area contributed by atoms with Gasteiger partial charge >= 0.3 is 0 Å². The zero-order chi connectivity index (χ0) is 18.2.